The molecular weight excluding hydrogens is 365 g/mol. The average molecular weight is 382 g/mol. The third-order valence-corrected chi connectivity index (χ3v) is 3.79. The number of anilines is 1. The first-order valence-corrected chi connectivity index (χ1v) is 8.02. The number of nitrogens with one attached hydrogen (secondary N) is 2. The van der Waals surface area contributed by atoms with E-state index in [2.05, 4.69) is 15.8 Å². The van der Waals surface area contributed by atoms with Gasteiger partial charge in [0.2, 0.25) is 0 Å². The van der Waals surface area contributed by atoms with Crippen LogP contribution < -0.4 is 20.2 Å². The molecule has 0 fully saturated rings. The van der Waals surface area contributed by atoms with E-state index in [-0.39, 0.29) is 10.1 Å². The number of hydrogen-bond acceptors (Lipinski definition) is 4. The zero-order valence-electron chi connectivity index (χ0n) is 13.9. The van der Waals surface area contributed by atoms with Crippen molar-refractivity contribution in [3.8, 4) is 11.5 Å². The quantitative estimate of drug-likeness (QED) is 0.461. The number of nitrogens with zero attached hydrogens (tertiary/aromatic N) is 1. The summed E-state index contributed by atoms with van der Waals surface area (Å²) in [4.78, 5) is 0. The second kappa shape index (κ2) is 8.64. The van der Waals surface area contributed by atoms with E-state index in [1.165, 1.54) is 12.1 Å². The Kier molecular flexibility index (Phi) is 6.55. The molecule has 8 heteroatoms. The first-order chi connectivity index (χ1) is 11.9. The van der Waals surface area contributed by atoms with Crippen molar-refractivity contribution in [3.63, 3.8) is 0 Å². The van der Waals surface area contributed by atoms with Crippen LogP contribution in [0.25, 0.3) is 0 Å². The zero-order valence-corrected chi connectivity index (χ0v) is 15.5. The Bertz CT molecular complexity index is 814. The van der Waals surface area contributed by atoms with Gasteiger partial charge in [-0.25, -0.2) is 4.39 Å². The molecular formula is C17H17ClFN3O2S. The van der Waals surface area contributed by atoms with E-state index in [0.717, 1.165) is 0 Å². The highest BCUT2D eigenvalue weighted by Gasteiger charge is 2.07. The van der Waals surface area contributed by atoms with E-state index < -0.39 is 5.82 Å². The second-order valence-electron chi connectivity index (χ2n) is 4.96. The fraction of sp³-hybridized carbons (Fsp3) is 0.176. The zero-order chi connectivity index (χ0) is 18.4. The van der Waals surface area contributed by atoms with Gasteiger partial charge >= 0.3 is 0 Å². The molecule has 0 unspecified atom stereocenters. The van der Waals surface area contributed by atoms with Crippen LogP contribution in [0.2, 0.25) is 5.02 Å². The lowest BCUT2D eigenvalue weighted by atomic mass is 10.1. The highest BCUT2D eigenvalue weighted by atomic mass is 35.5. The van der Waals surface area contributed by atoms with E-state index in [4.69, 9.17) is 33.3 Å². The summed E-state index contributed by atoms with van der Waals surface area (Å²) in [5.41, 5.74) is 4.62. The molecule has 2 N–H and O–H groups in total. The van der Waals surface area contributed by atoms with Crippen LogP contribution in [0.4, 0.5) is 10.1 Å². The molecule has 0 atom stereocenters. The molecule has 0 aliphatic carbocycles. The summed E-state index contributed by atoms with van der Waals surface area (Å²) in [6.45, 7) is 1.74. The van der Waals surface area contributed by atoms with Gasteiger partial charge in [-0.1, -0.05) is 11.6 Å². The monoisotopic (exact) mass is 381 g/mol. The lowest BCUT2D eigenvalue weighted by Gasteiger charge is -2.12. The lowest BCUT2D eigenvalue weighted by molar-refractivity contribution is 0.355. The summed E-state index contributed by atoms with van der Waals surface area (Å²) in [7, 11) is 3.12. The molecule has 2 rings (SSSR count). The predicted octanol–water partition coefficient (Wildman–Crippen LogP) is 4.21. The Morgan fingerprint density at radius 3 is 2.48 bits per heavy atom. The van der Waals surface area contributed by atoms with Gasteiger partial charge in [-0.3, -0.25) is 5.43 Å². The molecule has 0 saturated carbocycles. The summed E-state index contributed by atoms with van der Waals surface area (Å²) < 4.78 is 23.5. The van der Waals surface area contributed by atoms with Crippen molar-refractivity contribution in [2.75, 3.05) is 19.5 Å². The fourth-order valence-electron chi connectivity index (χ4n) is 2.05. The Morgan fingerprint density at radius 2 is 1.84 bits per heavy atom. The molecule has 25 heavy (non-hydrogen) atoms. The van der Waals surface area contributed by atoms with Crippen LogP contribution in [-0.4, -0.2) is 25.0 Å². The Labute approximate surface area is 155 Å². The molecule has 0 aliphatic rings. The van der Waals surface area contributed by atoms with E-state index in [1.807, 2.05) is 0 Å². The minimum Gasteiger partial charge on any atom is -0.493 e. The van der Waals surface area contributed by atoms with Crippen LogP contribution in [0.3, 0.4) is 0 Å². The van der Waals surface area contributed by atoms with Gasteiger partial charge in [0.15, 0.2) is 16.6 Å². The van der Waals surface area contributed by atoms with Crippen LogP contribution in [0.15, 0.2) is 41.5 Å². The number of rotatable bonds is 5. The highest BCUT2D eigenvalue weighted by molar-refractivity contribution is 7.80. The molecule has 0 saturated heterocycles. The second-order valence-corrected chi connectivity index (χ2v) is 5.77. The molecule has 5 nitrogen and oxygen atoms in total. The Morgan fingerprint density at radius 1 is 1.12 bits per heavy atom. The van der Waals surface area contributed by atoms with Crippen LogP contribution in [0, 0.1) is 5.82 Å². The number of hydrazone groups is 1. The molecule has 132 valence electrons. The molecule has 2 aromatic rings. The van der Waals surface area contributed by atoms with Gasteiger partial charge in [0.1, 0.15) is 5.82 Å². The SMILES string of the molecule is COc1ccc(NC(=S)N/N=C(/C)c2ccc(F)cc2Cl)cc1OC. The summed E-state index contributed by atoms with van der Waals surface area (Å²) >= 11 is 11.2. The Hall–Kier alpha value is -2.38. The van der Waals surface area contributed by atoms with Gasteiger partial charge in [0.05, 0.1) is 25.0 Å². The normalized spacial score (nSPS) is 11.0. The largest absolute Gasteiger partial charge is 0.493 e. The van der Waals surface area contributed by atoms with Crippen molar-refractivity contribution in [2.45, 2.75) is 6.92 Å². The molecule has 0 aliphatic heterocycles. The maximum absolute atomic E-state index is 13.1. The van der Waals surface area contributed by atoms with Crippen LogP contribution in [0.1, 0.15) is 12.5 Å². The Balaban J connectivity index is 2.04. The number of hydrogen-bond donors (Lipinski definition) is 2. The van der Waals surface area contributed by atoms with Crippen molar-refractivity contribution in [1.29, 1.82) is 0 Å². The molecule has 0 amide bonds. The van der Waals surface area contributed by atoms with Gasteiger partial charge < -0.3 is 14.8 Å². The van der Waals surface area contributed by atoms with Crippen molar-refractivity contribution in [1.82, 2.24) is 5.43 Å². The third-order valence-electron chi connectivity index (χ3n) is 3.29. The van der Waals surface area contributed by atoms with Crippen molar-refractivity contribution < 1.29 is 13.9 Å². The number of halogens is 2. The fourth-order valence-corrected chi connectivity index (χ4v) is 2.52. The lowest BCUT2D eigenvalue weighted by Crippen LogP contribution is -2.25. The summed E-state index contributed by atoms with van der Waals surface area (Å²) in [5.74, 6) is 0.792. The molecule has 2 aromatic carbocycles. The van der Waals surface area contributed by atoms with Gasteiger partial charge in [0.25, 0.3) is 0 Å². The third kappa shape index (κ3) is 5.04. The van der Waals surface area contributed by atoms with Crippen molar-refractivity contribution >= 4 is 40.3 Å². The molecule has 0 radical (unpaired) electrons. The molecule has 0 aromatic heterocycles. The van der Waals surface area contributed by atoms with Gasteiger partial charge in [-0.2, -0.15) is 5.10 Å². The topological polar surface area (TPSA) is 54.9 Å². The minimum absolute atomic E-state index is 0.279. The van der Waals surface area contributed by atoms with E-state index in [1.54, 1.807) is 45.4 Å². The average Bonchev–Trinajstić information content (AvgIpc) is 2.59. The van der Waals surface area contributed by atoms with Crippen molar-refractivity contribution in [3.05, 3.63) is 52.8 Å². The molecule has 0 spiro atoms. The maximum atomic E-state index is 13.1. The van der Waals surface area contributed by atoms with Crippen LogP contribution in [0.5, 0.6) is 11.5 Å². The van der Waals surface area contributed by atoms with E-state index in [0.29, 0.717) is 28.5 Å². The first-order valence-electron chi connectivity index (χ1n) is 7.23. The summed E-state index contributed by atoms with van der Waals surface area (Å²) in [5, 5.41) is 7.70. The summed E-state index contributed by atoms with van der Waals surface area (Å²) in [6, 6.07) is 9.42. The van der Waals surface area contributed by atoms with Gasteiger partial charge in [0, 0.05) is 17.3 Å². The number of ether oxygens (including phenoxy) is 2. The van der Waals surface area contributed by atoms with E-state index >= 15 is 0 Å². The van der Waals surface area contributed by atoms with Crippen LogP contribution >= 0.6 is 23.8 Å². The van der Waals surface area contributed by atoms with Gasteiger partial charge in [-0.15, -0.1) is 0 Å². The minimum atomic E-state index is -0.403. The first kappa shape index (κ1) is 19.0. The van der Waals surface area contributed by atoms with Gasteiger partial charge in [-0.05, 0) is 49.5 Å². The standard InChI is InChI=1S/C17H17ClFN3O2S/c1-10(13-6-4-11(19)8-14(13)18)21-22-17(25)20-12-5-7-15(23-2)16(9-12)24-3/h4-9H,1-3H3,(H2,20,22,25)/b21-10-. The summed E-state index contributed by atoms with van der Waals surface area (Å²) in [6.07, 6.45) is 0. The predicted molar refractivity (Wildman–Crippen MR) is 103 cm³/mol. The smallest absolute Gasteiger partial charge is 0.191 e. The van der Waals surface area contributed by atoms with E-state index in [9.17, 15) is 4.39 Å². The highest BCUT2D eigenvalue weighted by Crippen LogP contribution is 2.29. The van der Waals surface area contributed by atoms with Crippen molar-refractivity contribution in [2.24, 2.45) is 5.10 Å². The number of benzene rings is 2. The molecule has 0 bridgehead atoms. The maximum Gasteiger partial charge on any atom is 0.191 e. The molecule has 0 heterocycles. The van der Waals surface area contributed by atoms with Crippen LogP contribution in [-0.2, 0) is 0 Å². The number of thiocarbonyl (C=S) groups is 1. The number of methoxy groups -OCH3 is 2.